The van der Waals surface area contributed by atoms with E-state index in [-0.39, 0.29) is 12.5 Å². The lowest BCUT2D eigenvalue weighted by Crippen LogP contribution is -2.59. The number of amides is 1. The van der Waals surface area contributed by atoms with E-state index < -0.39 is 11.6 Å². The summed E-state index contributed by atoms with van der Waals surface area (Å²) < 4.78 is 5.31. The van der Waals surface area contributed by atoms with Gasteiger partial charge in [-0.15, -0.1) is 0 Å². The summed E-state index contributed by atoms with van der Waals surface area (Å²) in [7, 11) is 0. The van der Waals surface area contributed by atoms with Gasteiger partial charge in [0.05, 0.1) is 17.5 Å². The summed E-state index contributed by atoms with van der Waals surface area (Å²) in [5.74, 6) is 0.490. The van der Waals surface area contributed by atoms with Crippen LogP contribution in [0, 0.1) is 17.2 Å². The Kier molecular flexibility index (Phi) is 5.37. The van der Waals surface area contributed by atoms with Crippen LogP contribution in [0.4, 0.5) is 10.6 Å². The van der Waals surface area contributed by atoms with Gasteiger partial charge in [0.1, 0.15) is 12.4 Å². The van der Waals surface area contributed by atoms with Crippen molar-refractivity contribution in [1.82, 2.24) is 10.3 Å². The molecule has 6 heteroatoms. The summed E-state index contributed by atoms with van der Waals surface area (Å²) in [5.41, 5.74) is 0.294. The van der Waals surface area contributed by atoms with Crippen LogP contribution >= 0.6 is 0 Å². The van der Waals surface area contributed by atoms with Crippen molar-refractivity contribution in [2.75, 3.05) is 18.0 Å². The highest BCUT2D eigenvalue weighted by molar-refractivity contribution is 5.68. The first-order chi connectivity index (χ1) is 12.6. The van der Waals surface area contributed by atoms with E-state index in [1.165, 1.54) is 0 Å². The monoisotopic (exact) mass is 350 g/mol. The number of ether oxygens (including phenoxy) is 1. The molecule has 0 aliphatic carbocycles. The van der Waals surface area contributed by atoms with Crippen molar-refractivity contribution in [3.63, 3.8) is 0 Å². The number of aromatic nitrogens is 1. The highest BCUT2D eigenvalue weighted by Crippen LogP contribution is 2.29. The molecule has 2 atom stereocenters. The number of nitriles is 1. The zero-order chi connectivity index (χ0) is 18.4. The van der Waals surface area contributed by atoms with Crippen molar-refractivity contribution in [3.8, 4) is 6.07 Å². The van der Waals surface area contributed by atoms with Gasteiger partial charge in [-0.05, 0) is 31.0 Å². The molecule has 26 heavy (non-hydrogen) atoms. The lowest BCUT2D eigenvalue weighted by molar-refractivity contribution is 0.117. The van der Waals surface area contributed by atoms with Crippen LogP contribution in [-0.4, -0.2) is 29.7 Å². The van der Waals surface area contributed by atoms with E-state index in [1.54, 1.807) is 6.20 Å². The third kappa shape index (κ3) is 4.12. The Morgan fingerprint density at radius 3 is 2.81 bits per heavy atom. The van der Waals surface area contributed by atoms with E-state index in [2.05, 4.69) is 21.3 Å². The van der Waals surface area contributed by atoms with Gasteiger partial charge in [0, 0.05) is 19.3 Å². The van der Waals surface area contributed by atoms with Gasteiger partial charge in [-0.3, -0.25) is 0 Å². The second-order valence-electron chi connectivity index (χ2n) is 6.67. The smallest absolute Gasteiger partial charge is 0.407 e. The molecule has 2 aromatic rings. The SMILES string of the molecule is CC1(NC(=O)OCc2ccccc2)CCN(c2ccccn2)CC1C#N. The molecule has 0 bridgehead atoms. The molecule has 1 saturated heterocycles. The Hall–Kier alpha value is -3.07. The number of rotatable bonds is 4. The molecule has 0 saturated carbocycles. The number of alkyl carbamates (subject to hydrolysis) is 1. The van der Waals surface area contributed by atoms with Gasteiger partial charge >= 0.3 is 6.09 Å². The zero-order valence-electron chi connectivity index (χ0n) is 14.8. The van der Waals surface area contributed by atoms with E-state index >= 15 is 0 Å². The number of anilines is 1. The Bertz CT molecular complexity index is 775. The van der Waals surface area contributed by atoms with Crippen LogP contribution in [0.2, 0.25) is 0 Å². The number of piperidine rings is 1. The van der Waals surface area contributed by atoms with Gasteiger partial charge in [0.2, 0.25) is 0 Å². The van der Waals surface area contributed by atoms with Gasteiger partial charge in [-0.2, -0.15) is 5.26 Å². The molecular weight excluding hydrogens is 328 g/mol. The van der Waals surface area contributed by atoms with Gasteiger partial charge in [-0.25, -0.2) is 9.78 Å². The normalized spacial score (nSPS) is 22.3. The molecule has 1 aromatic heterocycles. The van der Waals surface area contributed by atoms with Crippen molar-refractivity contribution >= 4 is 11.9 Å². The summed E-state index contributed by atoms with van der Waals surface area (Å²) in [6, 6.07) is 17.6. The highest BCUT2D eigenvalue weighted by atomic mass is 16.5. The van der Waals surface area contributed by atoms with Crippen LogP contribution in [0.15, 0.2) is 54.7 Å². The fraction of sp³-hybridized carbons (Fsp3) is 0.350. The number of carbonyl (C=O) groups is 1. The second kappa shape index (κ2) is 7.87. The Morgan fingerprint density at radius 1 is 1.35 bits per heavy atom. The average molecular weight is 350 g/mol. The van der Waals surface area contributed by atoms with Crippen molar-refractivity contribution in [2.45, 2.75) is 25.5 Å². The number of hydrogen-bond donors (Lipinski definition) is 1. The number of benzene rings is 1. The van der Waals surface area contributed by atoms with Crippen LogP contribution in [-0.2, 0) is 11.3 Å². The van der Waals surface area contributed by atoms with E-state index in [9.17, 15) is 10.1 Å². The second-order valence-corrected chi connectivity index (χ2v) is 6.67. The maximum Gasteiger partial charge on any atom is 0.407 e. The van der Waals surface area contributed by atoms with Gasteiger partial charge < -0.3 is 15.0 Å². The maximum absolute atomic E-state index is 12.2. The molecule has 134 valence electrons. The first kappa shape index (κ1) is 17.7. The summed E-state index contributed by atoms with van der Waals surface area (Å²) in [6.45, 7) is 3.34. The minimum Gasteiger partial charge on any atom is -0.445 e. The first-order valence-corrected chi connectivity index (χ1v) is 8.65. The standard InChI is InChI=1S/C20H22N4O2/c1-20(23-19(25)26-15-16-7-3-2-4-8-16)10-12-24(14-17(20)13-21)18-9-5-6-11-22-18/h2-9,11,17H,10,12,14-15H2,1H3,(H,23,25). The molecule has 1 aliphatic heterocycles. The predicted octanol–water partition coefficient (Wildman–Crippen LogP) is 3.12. The predicted molar refractivity (Wildman–Crippen MR) is 98.3 cm³/mol. The fourth-order valence-electron chi connectivity index (χ4n) is 3.13. The Balaban J connectivity index is 1.60. The number of nitrogens with zero attached hydrogens (tertiary/aromatic N) is 3. The Morgan fingerprint density at radius 2 is 2.12 bits per heavy atom. The third-order valence-corrected chi connectivity index (χ3v) is 4.80. The van der Waals surface area contributed by atoms with Crippen molar-refractivity contribution in [2.24, 2.45) is 5.92 Å². The largest absolute Gasteiger partial charge is 0.445 e. The van der Waals surface area contributed by atoms with Crippen LogP contribution in [0.3, 0.4) is 0 Å². The van der Waals surface area contributed by atoms with Gasteiger partial charge in [0.15, 0.2) is 0 Å². The van der Waals surface area contributed by atoms with Crippen molar-refractivity contribution < 1.29 is 9.53 Å². The molecular formula is C20H22N4O2. The lowest BCUT2D eigenvalue weighted by Gasteiger charge is -2.43. The Labute approximate surface area is 153 Å². The van der Waals surface area contributed by atoms with Crippen molar-refractivity contribution in [3.05, 3.63) is 60.3 Å². The minimum absolute atomic E-state index is 0.208. The molecule has 6 nitrogen and oxygen atoms in total. The number of carbonyl (C=O) groups excluding carboxylic acids is 1. The van der Waals surface area contributed by atoms with E-state index in [0.29, 0.717) is 19.5 Å². The van der Waals surface area contributed by atoms with Crippen molar-refractivity contribution in [1.29, 1.82) is 5.26 Å². The molecule has 0 radical (unpaired) electrons. The van der Waals surface area contributed by atoms with E-state index in [0.717, 1.165) is 11.4 Å². The minimum atomic E-state index is -0.631. The molecule has 1 aromatic carbocycles. The molecule has 2 unspecified atom stereocenters. The number of nitrogens with one attached hydrogen (secondary N) is 1. The molecule has 1 fully saturated rings. The van der Waals surface area contributed by atoms with E-state index in [1.807, 2.05) is 55.5 Å². The van der Waals surface area contributed by atoms with Crippen LogP contribution in [0.1, 0.15) is 18.9 Å². The fourth-order valence-corrected chi connectivity index (χ4v) is 3.13. The summed E-state index contributed by atoms with van der Waals surface area (Å²) >= 11 is 0. The van der Waals surface area contributed by atoms with Crippen LogP contribution < -0.4 is 10.2 Å². The van der Waals surface area contributed by atoms with Crippen LogP contribution in [0.25, 0.3) is 0 Å². The lowest BCUT2D eigenvalue weighted by atomic mass is 9.80. The molecule has 2 heterocycles. The average Bonchev–Trinajstić information content (AvgIpc) is 2.68. The number of pyridine rings is 1. The zero-order valence-corrected chi connectivity index (χ0v) is 14.8. The molecule has 0 spiro atoms. The van der Waals surface area contributed by atoms with E-state index in [4.69, 9.17) is 4.74 Å². The maximum atomic E-state index is 12.2. The summed E-state index contributed by atoms with van der Waals surface area (Å²) in [6.07, 6.45) is 1.88. The summed E-state index contributed by atoms with van der Waals surface area (Å²) in [4.78, 5) is 18.7. The third-order valence-electron chi connectivity index (χ3n) is 4.80. The molecule has 1 aliphatic rings. The molecule has 1 N–H and O–H groups in total. The van der Waals surface area contributed by atoms with Crippen LogP contribution in [0.5, 0.6) is 0 Å². The highest BCUT2D eigenvalue weighted by Gasteiger charge is 2.41. The number of hydrogen-bond acceptors (Lipinski definition) is 5. The summed E-state index contributed by atoms with van der Waals surface area (Å²) in [5, 5.41) is 12.5. The quantitative estimate of drug-likeness (QED) is 0.917. The first-order valence-electron chi connectivity index (χ1n) is 8.65. The van der Waals surface area contributed by atoms with Gasteiger partial charge in [0.25, 0.3) is 0 Å². The molecule has 1 amide bonds. The van der Waals surface area contributed by atoms with Gasteiger partial charge in [-0.1, -0.05) is 36.4 Å². The topological polar surface area (TPSA) is 78.2 Å². The molecule has 3 rings (SSSR count).